The topological polar surface area (TPSA) is 85.0 Å². The van der Waals surface area contributed by atoms with E-state index in [0.717, 1.165) is 29.7 Å². The zero-order chi connectivity index (χ0) is 23.0. The fourth-order valence-corrected chi connectivity index (χ4v) is 4.34. The Morgan fingerprint density at radius 1 is 1.24 bits per heavy atom. The Labute approximate surface area is 190 Å². The molecule has 8 nitrogen and oxygen atoms in total. The molecule has 1 atom stereocenters. The third-order valence-electron chi connectivity index (χ3n) is 6.00. The fraction of sp³-hybridized carbons (Fsp3) is 0.292. The maximum atomic E-state index is 13.5. The molecule has 3 heterocycles. The number of aliphatic hydroxyl groups excluding tert-OH is 1. The number of fused-ring (bicyclic) bond motifs is 1. The third-order valence-corrected chi connectivity index (χ3v) is 6.00. The van der Waals surface area contributed by atoms with E-state index in [4.69, 9.17) is 9.57 Å². The second-order valence-electron chi connectivity index (χ2n) is 8.05. The van der Waals surface area contributed by atoms with E-state index in [1.807, 2.05) is 36.1 Å². The second kappa shape index (κ2) is 8.32. The summed E-state index contributed by atoms with van der Waals surface area (Å²) in [6, 6.07) is 11.8. The maximum Gasteiger partial charge on any atom is 0.260 e. The first-order valence-electron chi connectivity index (χ1n) is 10.7. The van der Waals surface area contributed by atoms with Gasteiger partial charge in [-0.3, -0.25) is 0 Å². The zero-order valence-corrected chi connectivity index (χ0v) is 18.4. The van der Waals surface area contributed by atoms with Gasteiger partial charge >= 0.3 is 0 Å². The van der Waals surface area contributed by atoms with Gasteiger partial charge in [-0.2, -0.15) is 5.10 Å². The molecule has 1 aromatic heterocycles. The van der Waals surface area contributed by atoms with E-state index in [2.05, 4.69) is 15.2 Å². The Morgan fingerprint density at radius 3 is 2.76 bits per heavy atom. The molecule has 5 rings (SSSR count). The molecular formula is C24H24FN5O3. The van der Waals surface area contributed by atoms with Crippen molar-refractivity contribution < 1.29 is 19.1 Å². The predicted octanol–water partition coefficient (Wildman–Crippen LogP) is 3.39. The summed E-state index contributed by atoms with van der Waals surface area (Å²) in [5, 5.41) is 19.0. The van der Waals surface area contributed by atoms with Crippen molar-refractivity contribution in [2.45, 2.75) is 25.5 Å². The Kier molecular flexibility index (Phi) is 5.33. The number of aromatic nitrogens is 3. The van der Waals surface area contributed by atoms with Gasteiger partial charge in [0.05, 0.1) is 7.11 Å². The van der Waals surface area contributed by atoms with Crippen molar-refractivity contribution in [2.75, 3.05) is 20.3 Å². The van der Waals surface area contributed by atoms with Crippen LogP contribution in [0.3, 0.4) is 0 Å². The molecule has 9 heteroatoms. The lowest BCUT2D eigenvalue weighted by molar-refractivity contribution is -0.137. The molecule has 0 radical (unpaired) electrons. The van der Waals surface area contributed by atoms with E-state index >= 15 is 0 Å². The van der Waals surface area contributed by atoms with E-state index in [1.165, 1.54) is 12.1 Å². The highest BCUT2D eigenvalue weighted by molar-refractivity contribution is 6.03. The largest absolute Gasteiger partial charge is 0.494 e. The molecule has 1 N–H and O–H groups in total. The molecule has 2 aromatic carbocycles. The number of hydrogen-bond donors (Lipinski definition) is 1. The number of ether oxygens (including phenoxy) is 1. The monoisotopic (exact) mass is 449 g/mol. The predicted molar refractivity (Wildman–Crippen MR) is 120 cm³/mol. The molecule has 1 saturated heterocycles. The van der Waals surface area contributed by atoms with Crippen LogP contribution in [0.1, 0.15) is 29.8 Å². The van der Waals surface area contributed by atoms with Gasteiger partial charge in [0, 0.05) is 12.1 Å². The van der Waals surface area contributed by atoms with Crippen LogP contribution in [0.2, 0.25) is 0 Å². The Morgan fingerprint density at radius 2 is 2.06 bits per heavy atom. The van der Waals surface area contributed by atoms with Crippen LogP contribution in [0, 0.1) is 12.7 Å². The minimum absolute atomic E-state index is 0.307. The summed E-state index contributed by atoms with van der Waals surface area (Å²) in [7, 11) is 1.62. The Hall–Kier alpha value is -3.72. The summed E-state index contributed by atoms with van der Waals surface area (Å²) in [6.07, 6.45) is 5.38. The lowest BCUT2D eigenvalue weighted by Crippen LogP contribution is -2.51. The summed E-state index contributed by atoms with van der Waals surface area (Å²) >= 11 is 0. The van der Waals surface area contributed by atoms with Gasteiger partial charge in [0.2, 0.25) is 0 Å². The first kappa shape index (κ1) is 21.1. The first-order chi connectivity index (χ1) is 16.0. The smallest absolute Gasteiger partial charge is 0.260 e. The number of aryl methyl sites for hydroxylation is 1. The van der Waals surface area contributed by atoms with Gasteiger partial charge in [0.25, 0.3) is 5.72 Å². The highest BCUT2D eigenvalue weighted by atomic mass is 19.1. The van der Waals surface area contributed by atoms with Gasteiger partial charge in [-0.05, 0) is 73.4 Å². The fourth-order valence-electron chi connectivity index (χ4n) is 4.34. The van der Waals surface area contributed by atoms with Crippen LogP contribution in [0.25, 0.3) is 11.8 Å². The molecule has 170 valence electrons. The van der Waals surface area contributed by atoms with E-state index in [9.17, 15) is 9.50 Å². The van der Waals surface area contributed by atoms with Gasteiger partial charge < -0.3 is 19.6 Å². The molecule has 0 aliphatic carbocycles. The van der Waals surface area contributed by atoms with Crippen LogP contribution in [0.4, 0.5) is 4.39 Å². The summed E-state index contributed by atoms with van der Waals surface area (Å²) in [6.45, 7) is 2.19. The minimum Gasteiger partial charge on any atom is -0.494 e. The molecule has 33 heavy (non-hydrogen) atoms. The number of halogens is 1. The van der Waals surface area contributed by atoms with Gasteiger partial charge in [0.1, 0.15) is 36.0 Å². The van der Waals surface area contributed by atoms with Crippen LogP contribution in [0.15, 0.2) is 59.5 Å². The summed E-state index contributed by atoms with van der Waals surface area (Å²) < 4.78 is 20.7. The van der Waals surface area contributed by atoms with Gasteiger partial charge in [0.15, 0.2) is 5.84 Å². The number of aliphatic hydroxyl groups is 1. The van der Waals surface area contributed by atoms with Gasteiger partial charge in [-0.1, -0.05) is 11.2 Å². The van der Waals surface area contributed by atoms with Crippen molar-refractivity contribution >= 4 is 11.9 Å². The van der Waals surface area contributed by atoms with Crippen molar-refractivity contribution in [1.82, 2.24) is 19.7 Å². The van der Waals surface area contributed by atoms with Crippen LogP contribution in [-0.2, 0) is 10.6 Å². The number of amidine groups is 1. The highest BCUT2D eigenvalue weighted by Gasteiger charge is 2.49. The molecule has 0 bridgehead atoms. The first-order valence-corrected chi connectivity index (χ1v) is 10.7. The Balaban J connectivity index is 1.47. The standard InChI is InChI=1S/C24H24FN5O3/c1-16-26-15-30(27-16)21-10-5-17(13-22(21)32-2)12-18-4-3-11-29-23(18)28-33-24(29,14-31)19-6-8-20(25)9-7-19/h5-10,12-13,15,31H,3-4,11,14H2,1-2H3. The van der Waals surface area contributed by atoms with Crippen molar-refractivity contribution in [3.8, 4) is 11.4 Å². The SMILES string of the molecule is COc1cc(C=C2CCCN3C2=NOC3(CO)c2ccc(F)cc2)ccc1-n1cnc(C)n1. The van der Waals surface area contributed by atoms with Crippen LogP contribution >= 0.6 is 0 Å². The van der Waals surface area contributed by atoms with E-state index < -0.39 is 5.72 Å². The number of rotatable bonds is 5. The lowest BCUT2D eigenvalue weighted by atomic mass is 9.95. The van der Waals surface area contributed by atoms with Crippen molar-refractivity contribution in [1.29, 1.82) is 0 Å². The molecule has 3 aromatic rings. The average molecular weight is 449 g/mol. The molecule has 1 unspecified atom stereocenters. The maximum absolute atomic E-state index is 13.5. The molecule has 2 aliphatic rings. The van der Waals surface area contributed by atoms with Crippen molar-refractivity contribution in [3.63, 3.8) is 0 Å². The number of piperidine rings is 1. The number of oxime groups is 1. The normalized spacial score (nSPS) is 21.0. The zero-order valence-electron chi connectivity index (χ0n) is 18.4. The number of benzene rings is 2. The highest BCUT2D eigenvalue weighted by Crippen LogP contribution is 2.40. The lowest BCUT2D eigenvalue weighted by Gasteiger charge is -2.38. The summed E-state index contributed by atoms with van der Waals surface area (Å²) in [5.74, 6) is 1.68. The molecule has 0 amide bonds. The van der Waals surface area contributed by atoms with Crippen molar-refractivity contribution in [3.05, 3.63) is 77.1 Å². The number of methoxy groups -OCH3 is 1. The summed E-state index contributed by atoms with van der Waals surface area (Å²) in [4.78, 5) is 12.0. The molecule has 0 saturated carbocycles. The van der Waals surface area contributed by atoms with E-state index in [1.54, 1.807) is 30.3 Å². The molecular weight excluding hydrogens is 425 g/mol. The molecule has 0 spiro atoms. The van der Waals surface area contributed by atoms with Crippen LogP contribution in [0.5, 0.6) is 5.75 Å². The quantitative estimate of drug-likeness (QED) is 0.643. The number of nitrogens with zero attached hydrogens (tertiary/aromatic N) is 5. The summed E-state index contributed by atoms with van der Waals surface area (Å²) in [5.41, 5.74) is 2.22. The minimum atomic E-state index is -1.16. The molecule has 2 aliphatic heterocycles. The Bertz CT molecular complexity index is 1240. The molecule has 1 fully saturated rings. The number of hydrogen-bond acceptors (Lipinski definition) is 7. The second-order valence-corrected chi connectivity index (χ2v) is 8.05. The average Bonchev–Trinajstić information content (AvgIpc) is 3.44. The van der Waals surface area contributed by atoms with E-state index in [-0.39, 0.29) is 12.4 Å². The third kappa shape index (κ3) is 3.64. The van der Waals surface area contributed by atoms with E-state index in [0.29, 0.717) is 29.5 Å². The van der Waals surface area contributed by atoms with Crippen molar-refractivity contribution in [2.24, 2.45) is 5.16 Å². The van der Waals surface area contributed by atoms with Gasteiger partial charge in [-0.15, -0.1) is 0 Å². The van der Waals surface area contributed by atoms with Crippen LogP contribution < -0.4 is 4.74 Å². The van der Waals surface area contributed by atoms with Crippen LogP contribution in [-0.4, -0.2) is 50.9 Å². The van der Waals surface area contributed by atoms with Gasteiger partial charge in [-0.25, -0.2) is 14.1 Å².